The summed E-state index contributed by atoms with van der Waals surface area (Å²) in [6.45, 7) is 0.601. The number of hydrogen-bond acceptors (Lipinski definition) is 4. The van der Waals surface area contributed by atoms with E-state index in [0.717, 1.165) is 10.5 Å². The van der Waals surface area contributed by atoms with Gasteiger partial charge < -0.3 is 14.9 Å². The number of carboxylic acids is 1. The summed E-state index contributed by atoms with van der Waals surface area (Å²) in [5, 5.41) is 18.2. The van der Waals surface area contributed by atoms with E-state index in [1.165, 1.54) is 14.0 Å². The number of rotatable bonds is 5. The van der Waals surface area contributed by atoms with Gasteiger partial charge in [-0.1, -0.05) is 30.3 Å². The molecule has 6 nitrogen and oxygen atoms in total. The Morgan fingerprint density at radius 1 is 1.32 bits per heavy atom. The van der Waals surface area contributed by atoms with Crippen LogP contribution in [-0.2, 0) is 16.1 Å². The van der Waals surface area contributed by atoms with E-state index < -0.39 is 24.2 Å². The normalized spacial score (nSPS) is 13.4. The zero-order valence-corrected chi connectivity index (χ0v) is 10.9. The molecule has 1 aromatic carbocycles. The fourth-order valence-corrected chi connectivity index (χ4v) is 1.33. The van der Waals surface area contributed by atoms with Crippen LogP contribution in [0, 0.1) is 0 Å². The largest absolute Gasteiger partial charge is 0.479 e. The maximum absolute atomic E-state index is 11.8. The molecule has 1 amide bonds. The van der Waals surface area contributed by atoms with Crippen molar-refractivity contribution in [2.75, 3.05) is 13.7 Å². The summed E-state index contributed by atoms with van der Waals surface area (Å²) in [7, 11) is 1.28. The molecule has 0 aliphatic heterocycles. The highest BCUT2D eigenvalue weighted by Crippen LogP contribution is 2.15. The molecule has 2 N–H and O–H groups in total. The van der Waals surface area contributed by atoms with Crippen LogP contribution in [0.15, 0.2) is 30.3 Å². The Balaban J connectivity index is 2.65. The Kier molecular flexibility index (Phi) is 4.88. The molecule has 0 aliphatic rings. The number of aliphatic hydroxyl groups excluding tert-OH is 1. The van der Waals surface area contributed by atoms with E-state index in [-0.39, 0.29) is 6.61 Å². The van der Waals surface area contributed by atoms with Crippen molar-refractivity contribution in [1.82, 2.24) is 4.90 Å². The van der Waals surface area contributed by atoms with E-state index in [9.17, 15) is 9.59 Å². The van der Waals surface area contributed by atoms with Crippen molar-refractivity contribution in [3.05, 3.63) is 35.9 Å². The second-order valence-electron chi connectivity index (χ2n) is 4.34. The lowest BCUT2D eigenvalue weighted by Gasteiger charge is -2.32. The minimum Gasteiger partial charge on any atom is -0.479 e. The first-order valence-corrected chi connectivity index (χ1v) is 5.70. The third-order valence-electron chi connectivity index (χ3n) is 2.99. The minimum atomic E-state index is -1.70. The summed E-state index contributed by atoms with van der Waals surface area (Å²) in [5.74, 6) is -1.30. The molecular formula is C13H17NO5. The summed E-state index contributed by atoms with van der Waals surface area (Å²) >= 11 is 0. The lowest BCUT2D eigenvalue weighted by atomic mass is 10.0. The third kappa shape index (κ3) is 3.45. The SMILES string of the molecule is CN(C(=O)OCc1ccccc1)[C@@](C)(CO)C(=O)O. The van der Waals surface area contributed by atoms with Crippen LogP contribution in [0.2, 0.25) is 0 Å². The number of aliphatic hydroxyl groups is 1. The number of aliphatic carboxylic acids is 1. The molecule has 0 radical (unpaired) electrons. The molecule has 0 saturated carbocycles. The maximum atomic E-state index is 11.8. The van der Waals surface area contributed by atoms with Gasteiger partial charge in [-0.15, -0.1) is 0 Å². The molecular weight excluding hydrogens is 250 g/mol. The summed E-state index contributed by atoms with van der Waals surface area (Å²) in [6.07, 6.45) is -0.803. The Labute approximate surface area is 111 Å². The van der Waals surface area contributed by atoms with Gasteiger partial charge in [0.05, 0.1) is 6.61 Å². The molecule has 0 fully saturated rings. The molecule has 19 heavy (non-hydrogen) atoms. The number of carboxylic acid groups (broad SMARTS) is 1. The number of carbonyl (C=O) groups is 2. The highest BCUT2D eigenvalue weighted by atomic mass is 16.6. The van der Waals surface area contributed by atoms with Gasteiger partial charge in [-0.3, -0.25) is 4.90 Å². The van der Waals surface area contributed by atoms with Gasteiger partial charge in [0, 0.05) is 7.05 Å². The quantitative estimate of drug-likeness (QED) is 0.834. The number of carbonyl (C=O) groups excluding carboxylic acids is 1. The van der Waals surface area contributed by atoms with Crippen LogP contribution in [0.1, 0.15) is 12.5 Å². The summed E-state index contributed by atoms with van der Waals surface area (Å²) in [6, 6.07) is 9.03. The monoisotopic (exact) mass is 267 g/mol. The predicted octanol–water partition coefficient (Wildman–Crippen LogP) is 1.09. The van der Waals surface area contributed by atoms with Crippen LogP contribution < -0.4 is 0 Å². The van der Waals surface area contributed by atoms with Gasteiger partial charge in [0.2, 0.25) is 0 Å². The highest BCUT2D eigenvalue weighted by molar-refractivity contribution is 5.84. The molecule has 0 aromatic heterocycles. The Hall–Kier alpha value is -2.08. The van der Waals surface area contributed by atoms with E-state index >= 15 is 0 Å². The molecule has 0 aliphatic carbocycles. The molecule has 0 unspecified atom stereocenters. The third-order valence-corrected chi connectivity index (χ3v) is 2.99. The van der Waals surface area contributed by atoms with E-state index in [0.29, 0.717) is 0 Å². The first-order valence-electron chi connectivity index (χ1n) is 5.70. The minimum absolute atomic E-state index is 0.0468. The lowest BCUT2D eigenvalue weighted by molar-refractivity contribution is -0.151. The van der Waals surface area contributed by atoms with Crippen LogP contribution in [0.5, 0.6) is 0 Å². The molecule has 0 heterocycles. The fourth-order valence-electron chi connectivity index (χ4n) is 1.33. The molecule has 1 aromatic rings. The summed E-state index contributed by atoms with van der Waals surface area (Å²) in [5.41, 5.74) is -0.904. The average molecular weight is 267 g/mol. The van der Waals surface area contributed by atoms with Crippen LogP contribution >= 0.6 is 0 Å². The second kappa shape index (κ2) is 6.19. The molecule has 104 valence electrons. The number of ether oxygens (including phenoxy) is 1. The van der Waals surface area contributed by atoms with Gasteiger partial charge in [0.15, 0.2) is 5.54 Å². The van der Waals surface area contributed by atoms with Gasteiger partial charge in [-0.25, -0.2) is 9.59 Å². The summed E-state index contributed by atoms with van der Waals surface area (Å²) < 4.78 is 5.00. The lowest BCUT2D eigenvalue weighted by Crippen LogP contribution is -2.55. The van der Waals surface area contributed by atoms with Crippen molar-refractivity contribution in [1.29, 1.82) is 0 Å². The van der Waals surface area contributed by atoms with Crippen molar-refractivity contribution >= 4 is 12.1 Å². The van der Waals surface area contributed by atoms with Gasteiger partial charge >= 0.3 is 12.1 Å². The predicted molar refractivity (Wildman–Crippen MR) is 67.5 cm³/mol. The zero-order chi connectivity index (χ0) is 14.5. The summed E-state index contributed by atoms with van der Waals surface area (Å²) in [4.78, 5) is 23.7. The van der Waals surface area contributed by atoms with Crippen molar-refractivity contribution in [3.8, 4) is 0 Å². The van der Waals surface area contributed by atoms with Crippen LogP contribution in [0.25, 0.3) is 0 Å². The standard InChI is InChI=1S/C13H17NO5/c1-13(9-15,11(16)17)14(2)12(18)19-8-10-6-4-3-5-7-10/h3-7,15H,8-9H2,1-2H3,(H,16,17)/t13-/m0/s1. The van der Waals surface area contributed by atoms with Crippen molar-refractivity contribution in [2.45, 2.75) is 19.1 Å². The molecule has 0 bridgehead atoms. The topological polar surface area (TPSA) is 87.1 Å². The Morgan fingerprint density at radius 3 is 2.37 bits per heavy atom. The number of nitrogens with zero attached hydrogens (tertiary/aromatic N) is 1. The van der Waals surface area contributed by atoms with Crippen molar-refractivity contribution in [3.63, 3.8) is 0 Å². The van der Waals surface area contributed by atoms with Crippen LogP contribution in [0.4, 0.5) is 4.79 Å². The molecule has 6 heteroatoms. The first kappa shape index (κ1) is 15.0. The van der Waals surface area contributed by atoms with Crippen molar-refractivity contribution in [2.24, 2.45) is 0 Å². The van der Waals surface area contributed by atoms with E-state index in [2.05, 4.69) is 0 Å². The first-order chi connectivity index (χ1) is 8.91. The molecule has 1 atom stereocenters. The second-order valence-corrected chi connectivity index (χ2v) is 4.34. The zero-order valence-electron chi connectivity index (χ0n) is 10.9. The van der Waals surface area contributed by atoms with Crippen LogP contribution in [0.3, 0.4) is 0 Å². The highest BCUT2D eigenvalue weighted by Gasteiger charge is 2.40. The van der Waals surface area contributed by atoms with Crippen molar-refractivity contribution < 1.29 is 24.5 Å². The Bertz CT molecular complexity index is 448. The van der Waals surface area contributed by atoms with Gasteiger partial charge in [-0.05, 0) is 12.5 Å². The molecule has 0 spiro atoms. The van der Waals surface area contributed by atoms with Gasteiger partial charge in [0.25, 0.3) is 0 Å². The van der Waals surface area contributed by atoms with Gasteiger partial charge in [0.1, 0.15) is 6.61 Å². The van der Waals surface area contributed by atoms with E-state index in [1.807, 2.05) is 18.2 Å². The van der Waals surface area contributed by atoms with E-state index in [1.54, 1.807) is 12.1 Å². The fraction of sp³-hybridized carbons (Fsp3) is 0.385. The number of benzene rings is 1. The smallest absolute Gasteiger partial charge is 0.410 e. The maximum Gasteiger partial charge on any atom is 0.410 e. The number of hydrogen-bond donors (Lipinski definition) is 2. The van der Waals surface area contributed by atoms with E-state index in [4.69, 9.17) is 14.9 Å². The number of likely N-dealkylation sites (N-methyl/N-ethyl adjacent to an activating group) is 1. The Morgan fingerprint density at radius 2 is 1.89 bits per heavy atom. The molecule has 0 saturated heterocycles. The average Bonchev–Trinajstić information content (AvgIpc) is 2.43. The molecule has 1 rings (SSSR count). The number of amides is 1. The van der Waals surface area contributed by atoms with Gasteiger partial charge in [-0.2, -0.15) is 0 Å². The van der Waals surface area contributed by atoms with Crippen LogP contribution in [-0.4, -0.2) is 46.4 Å².